The Kier molecular flexibility index (Phi) is 7.26. The highest BCUT2D eigenvalue weighted by Crippen LogP contribution is 2.36. The summed E-state index contributed by atoms with van der Waals surface area (Å²) in [5, 5.41) is 0. The lowest BCUT2D eigenvalue weighted by molar-refractivity contribution is -0.135. The topological polar surface area (TPSA) is 69.7 Å². The predicted octanol–water partition coefficient (Wildman–Crippen LogP) is 4.40. The third kappa shape index (κ3) is 6.00. The lowest BCUT2D eigenvalue weighted by Crippen LogP contribution is -2.34. The van der Waals surface area contributed by atoms with Gasteiger partial charge in [0, 0.05) is 37.9 Å². The molecule has 168 valence electrons. The second-order valence-electron chi connectivity index (χ2n) is 8.49. The number of carbonyl (C=O) groups is 1. The maximum Gasteiger partial charge on any atom is 0.232 e. The molecule has 0 saturated heterocycles. The molecule has 0 bridgehead atoms. The average Bonchev–Trinajstić information content (AvgIpc) is 3.56. The van der Waals surface area contributed by atoms with Crippen molar-refractivity contribution in [3.63, 3.8) is 0 Å². The molecule has 2 aromatic carbocycles. The van der Waals surface area contributed by atoms with E-state index in [9.17, 15) is 13.2 Å². The van der Waals surface area contributed by atoms with Crippen LogP contribution >= 0.6 is 0 Å². The smallest absolute Gasteiger partial charge is 0.232 e. The monoisotopic (exact) mass is 443 g/mol. The molecule has 6 nitrogen and oxygen atoms in total. The number of amides is 1. The van der Waals surface area contributed by atoms with Gasteiger partial charge in [-0.1, -0.05) is 37.3 Å². The Hall–Kier alpha value is -2.54. The number of anilines is 2. The van der Waals surface area contributed by atoms with Gasteiger partial charge in [-0.05, 0) is 55.5 Å². The fraction of sp³-hybridized carbons (Fsp3) is 0.458. The average molecular weight is 444 g/mol. The van der Waals surface area contributed by atoms with Crippen LogP contribution in [0.4, 0.5) is 11.4 Å². The molecular formula is C24H33N3O3S. The Morgan fingerprint density at radius 2 is 1.81 bits per heavy atom. The van der Waals surface area contributed by atoms with Crippen LogP contribution in [-0.2, 0) is 21.4 Å². The molecule has 1 aliphatic carbocycles. The molecule has 1 amide bonds. The highest BCUT2D eigenvalue weighted by atomic mass is 32.2. The fourth-order valence-corrected chi connectivity index (χ4v) is 4.90. The molecule has 1 aliphatic rings. The van der Waals surface area contributed by atoms with Crippen LogP contribution in [0.2, 0.25) is 0 Å². The second-order valence-corrected chi connectivity index (χ2v) is 10.3. The summed E-state index contributed by atoms with van der Waals surface area (Å²) in [6, 6.07) is 15.5. The second kappa shape index (κ2) is 9.73. The van der Waals surface area contributed by atoms with Gasteiger partial charge in [0.05, 0.1) is 11.8 Å². The fourth-order valence-electron chi connectivity index (χ4n) is 3.78. The minimum atomic E-state index is -3.39. The molecule has 1 N–H and O–H groups in total. The summed E-state index contributed by atoms with van der Waals surface area (Å²) in [4.78, 5) is 17.1. The third-order valence-electron chi connectivity index (χ3n) is 5.61. The van der Waals surface area contributed by atoms with Crippen LogP contribution < -0.4 is 9.62 Å². The summed E-state index contributed by atoms with van der Waals surface area (Å²) in [5.74, 6) is 0.341. The molecule has 1 saturated carbocycles. The summed E-state index contributed by atoms with van der Waals surface area (Å²) >= 11 is 0. The van der Waals surface area contributed by atoms with Crippen molar-refractivity contribution in [2.45, 2.75) is 45.7 Å². The van der Waals surface area contributed by atoms with Crippen molar-refractivity contribution in [2.75, 3.05) is 29.5 Å². The van der Waals surface area contributed by atoms with Gasteiger partial charge in [-0.2, -0.15) is 0 Å². The van der Waals surface area contributed by atoms with Crippen LogP contribution in [0.1, 0.15) is 50.3 Å². The van der Waals surface area contributed by atoms with Crippen molar-refractivity contribution in [3.8, 4) is 0 Å². The molecule has 1 unspecified atom stereocenters. The van der Waals surface area contributed by atoms with Crippen molar-refractivity contribution in [3.05, 3.63) is 59.7 Å². The molecule has 0 aromatic heterocycles. The minimum absolute atomic E-state index is 0.0785. The number of benzene rings is 2. The number of sulfonamides is 1. The van der Waals surface area contributed by atoms with Crippen LogP contribution in [0.5, 0.6) is 0 Å². The van der Waals surface area contributed by atoms with E-state index in [4.69, 9.17) is 0 Å². The molecule has 3 rings (SSSR count). The zero-order valence-electron chi connectivity index (χ0n) is 18.8. The Bertz CT molecular complexity index is 1000. The quantitative estimate of drug-likeness (QED) is 0.591. The summed E-state index contributed by atoms with van der Waals surface area (Å²) in [6.07, 6.45) is 2.43. The van der Waals surface area contributed by atoms with Crippen molar-refractivity contribution in [2.24, 2.45) is 5.92 Å². The van der Waals surface area contributed by atoms with E-state index < -0.39 is 10.0 Å². The molecule has 0 spiro atoms. The third-order valence-corrected chi connectivity index (χ3v) is 7.10. The zero-order valence-corrected chi connectivity index (χ0v) is 19.7. The summed E-state index contributed by atoms with van der Waals surface area (Å²) in [5.41, 5.74) is 3.49. The number of carbonyl (C=O) groups excluding carboxylic acids is 1. The lowest BCUT2D eigenvalue weighted by Gasteiger charge is -2.32. The largest absolute Gasteiger partial charge is 0.377 e. The van der Waals surface area contributed by atoms with Crippen molar-refractivity contribution in [1.82, 2.24) is 4.90 Å². The standard InChI is InChI=1S/C24H33N3O3S/c1-5-15-31(29,30)25-22-13-14-23(26(3)4)21(16-22)17-27(24(28)20-11-12-20)18(2)19-9-7-6-8-10-19/h6-10,13-14,16,18,20,25H,5,11-12,15,17H2,1-4H3. The molecule has 1 fully saturated rings. The van der Waals surface area contributed by atoms with Gasteiger partial charge < -0.3 is 9.80 Å². The van der Waals surface area contributed by atoms with E-state index in [1.165, 1.54) is 0 Å². The Morgan fingerprint density at radius 1 is 1.13 bits per heavy atom. The first-order valence-corrected chi connectivity index (χ1v) is 12.5. The Balaban J connectivity index is 1.95. The van der Waals surface area contributed by atoms with Crippen LogP contribution in [0, 0.1) is 5.92 Å². The first kappa shape index (κ1) is 23.1. The van der Waals surface area contributed by atoms with Gasteiger partial charge in [0.15, 0.2) is 0 Å². The molecule has 31 heavy (non-hydrogen) atoms. The normalized spacial score (nSPS) is 14.7. The van der Waals surface area contributed by atoms with E-state index >= 15 is 0 Å². The van der Waals surface area contributed by atoms with Crippen LogP contribution in [-0.4, -0.2) is 39.1 Å². The van der Waals surface area contributed by atoms with Crippen molar-refractivity contribution < 1.29 is 13.2 Å². The Labute approximate surface area is 186 Å². The van der Waals surface area contributed by atoms with Gasteiger partial charge in [-0.25, -0.2) is 8.42 Å². The van der Waals surface area contributed by atoms with E-state index in [1.807, 2.05) is 73.3 Å². The van der Waals surface area contributed by atoms with Gasteiger partial charge in [0.25, 0.3) is 0 Å². The first-order valence-electron chi connectivity index (χ1n) is 10.9. The summed E-state index contributed by atoms with van der Waals surface area (Å²) < 4.78 is 27.2. The SMILES string of the molecule is CCCS(=O)(=O)Nc1ccc(N(C)C)c(CN(C(=O)C2CC2)C(C)c2ccccc2)c1. The van der Waals surface area contributed by atoms with Gasteiger partial charge in [-0.15, -0.1) is 0 Å². The van der Waals surface area contributed by atoms with Crippen LogP contribution in [0.3, 0.4) is 0 Å². The van der Waals surface area contributed by atoms with E-state index in [0.29, 0.717) is 18.7 Å². The Morgan fingerprint density at radius 3 is 2.39 bits per heavy atom. The summed E-state index contributed by atoms with van der Waals surface area (Å²) in [7, 11) is 0.517. The van der Waals surface area contributed by atoms with E-state index in [0.717, 1.165) is 29.7 Å². The molecule has 0 radical (unpaired) electrons. The zero-order chi connectivity index (χ0) is 22.6. The predicted molar refractivity (Wildman–Crippen MR) is 127 cm³/mol. The van der Waals surface area contributed by atoms with E-state index in [1.54, 1.807) is 6.07 Å². The molecular weight excluding hydrogens is 410 g/mol. The molecule has 7 heteroatoms. The molecule has 1 atom stereocenters. The van der Waals surface area contributed by atoms with E-state index in [2.05, 4.69) is 11.6 Å². The van der Waals surface area contributed by atoms with Crippen LogP contribution in [0.25, 0.3) is 0 Å². The lowest BCUT2D eigenvalue weighted by atomic mass is 10.0. The first-order chi connectivity index (χ1) is 14.7. The maximum absolute atomic E-state index is 13.2. The van der Waals surface area contributed by atoms with Crippen molar-refractivity contribution in [1.29, 1.82) is 0 Å². The summed E-state index contributed by atoms with van der Waals surface area (Å²) in [6.45, 7) is 4.31. The highest BCUT2D eigenvalue weighted by Gasteiger charge is 2.36. The molecule has 2 aromatic rings. The van der Waals surface area contributed by atoms with Crippen molar-refractivity contribution >= 4 is 27.3 Å². The molecule has 0 aliphatic heterocycles. The van der Waals surface area contributed by atoms with Gasteiger partial charge >= 0.3 is 0 Å². The minimum Gasteiger partial charge on any atom is -0.377 e. The number of nitrogens with zero attached hydrogens (tertiary/aromatic N) is 2. The highest BCUT2D eigenvalue weighted by molar-refractivity contribution is 7.92. The number of hydrogen-bond donors (Lipinski definition) is 1. The number of hydrogen-bond acceptors (Lipinski definition) is 4. The number of rotatable bonds is 10. The van der Waals surface area contributed by atoms with Crippen LogP contribution in [0.15, 0.2) is 48.5 Å². The van der Waals surface area contributed by atoms with Gasteiger partial charge in [0.1, 0.15) is 0 Å². The van der Waals surface area contributed by atoms with E-state index in [-0.39, 0.29) is 23.6 Å². The van der Waals surface area contributed by atoms with Gasteiger partial charge in [-0.3, -0.25) is 9.52 Å². The van der Waals surface area contributed by atoms with Gasteiger partial charge in [0.2, 0.25) is 15.9 Å². The molecule has 0 heterocycles. The maximum atomic E-state index is 13.2. The number of nitrogens with one attached hydrogen (secondary N) is 1.